The van der Waals surface area contributed by atoms with Crippen molar-refractivity contribution in [3.8, 4) is 5.75 Å². The number of amides is 1. The summed E-state index contributed by atoms with van der Waals surface area (Å²) in [5.41, 5.74) is 2.62. The van der Waals surface area contributed by atoms with Gasteiger partial charge in [-0.05, 0) is 93.4 Å². The molecule has 5 nitrogen and oxygen atoms in total. The number of thiocarbonyl (C=S) groups is 1. The fraction of sp³-hybridized carbons (Fsp3) is 0.417. The van der Waals surface area contributed by atoms with Gasteiger partial charge in [0.2, 0.25) is 0 Å². The van der Waals surface area contributed by atoms with Crippen LogP contribution in [-0.2, 0) is 0 Å². The van der Waals surface area contributed by atoms with Crippen molar-refractivity contribution in [3.63, 3.8) is 0 Å². The van der Waals surface area contributed by atoms with E-state index in [1.165, 1.54) is 24.9 Å². The van der Waals surface area contributed by atoms with Crippen molar-refractivity contribution >= 4 is 34.6 Å². The number of anilines is 2. The Morgan fingerprint density at radius 2 is 1.87 bits per heavy atom. The molecule has 0 unspecified atom stereocenters. The Hall–Kier alpha value is -2.60. The summed E-state index contributed by atoms with van der Waals surface area (Å²) in [5.74, 6) is 0.523. The normalized spacial score (nSPS) is 16.1. The first-order chi connectivity index (χ1) is 14.6. The standard InChI is InChI=1S/C24H31N3O2S/c1-3-4-17-29-22-14-8-19(9-15-22)23(28)26-24(30)25-20-10-12-21(13-11-20)27-16-6-5-7-18(27)2/h8-15,18H,3-7,16-17H2,1-2H3,(H2,25,26,28,30)/t18-/m1/s1. The number of piperidine rings is 1. The van der Waals surface area contributed by atoms with Gasteiger partial charge in [-0.15, -0.1) is 0 Å². The number of hydrogen-bond acceptors (Lipinski definition) is 4. The van der Waals surface area contributed by atoms with Crippen LogP contribution in [0.4, 0.5) is 11.4 Å². The Balaban J connectivity index is 1.50. The first-order valence-electron chi connectivity index (χ1n) is 10.8. The summed E-state index contributed by atoms with van der Waals surface area (Å²) in [7, 11) is 0. The Kier molecular flexibility index (Phi) is 8.08. The number of hydrogen-bond donors (Lipinski definition) is 2. The molecule has 0 spiro atoms. The molecule has 1 amide bonds. The van der Waals surface area contributed by atoms with E-state index in [4.69, 9.17) is 17.0 Å². The molecule has 1 fully saturated rings. The molecule has 6 heteroatoms. The highest BCUT2D eigenvalue weighted by molar-refractivity contribution is 7.80. The number of carbonyl (C=O) groups excluding carboxylic acids is 1. The average Bonchev–Trinajstić information content (AvgIpc) is 2.75. The van der Waals surface area contributed by atoms with Gasteiger partial charge in [-0.1, -0.05) is 13.3 Å². The van der Waals surface area contributed by atoms with Crippen LogP contribution in [0.3, 0.4) is 0 Å². The van der Waals surface area contributed by atoms with Gasteiger partial charge in [-0.25, -0.2) is 0 Å². The second-order valence-corrected chi connectivity index (χ2v) is 8.13. The second kappa shape index (κ2) is 11.0. The van der Waals surface area contributed by atoms with E-state index in [1.54, 1.807) is 24.3 Å². The number of nitrogens with zero attached hydrogens (tertiary/aromatic N) is 1. The van der Waals surface area contributed by atoms with Crippen LogP contribution < -0.4 is 20.3 Å². The smallest absolute Gasteiger partial charge is 0.257 e. The molecule has 1 saturated heterocycles. The lowest BCUT2D eigenvalue weighted by Crippen LogP contribution is -2.37. The number of carbonyl (C=O) groups is 1. The maximum Gasteiger partial charge on any atom is 0.257 e. The van der Waals surface area contributed by atoms with E-state index in [0.717, 1.165) is 30.8 Å². The van der Waals surface area contributed by atoms with Crippen LogP contribution in [0.15, 0.2) is 48.5 Å². The van der Waals surface area contributed by atoms with Crippen LogP contribution in [0.2, 0.25) is 0 Å². The van der Waals surface area contributed by atoms with Gasteiger partial charge in [-0.2, -0.15) is 0 Å². The van der Waals surface area contributed by atoms with E-state index in [0.29, 0.717) is 18.2 Å². The highest BCUT2D eigenvalue weighted by Gasteiger charge is 2.18. The summed E-state index contributed by atoms with van der Waals surface area (Å²) in [6.45, 7) is 6.19. The molecule has 2 aromatic rings. The van der Waals surface area contributed by atoms with E-state index >= 15 is 0 Å². The summed E-state index contributed by atoms with van der Waals surface area (Å²) in [5, 5.41) is 6.10. The predicted octanol–water partition coefficient (Wildman–Crippen LogP) is 5.37. The number of ether oxygens (including phenoxy) is 1. The molecule has 0 aromatic heterocycles. The molecule has 0 aliphatic carbocycles. The average molecular weight is 426 g/mol. The minimum absolute atomic E-state index is 0.244. The molecular weight excluding hydrogens is 394 g/mol. The lowest BCUT2D eigenvalue weighted by atomic mass is 10.0. The molecule has 0 saturated carbocycles. The second-order valence-electron chi connectivity index (χ2n) is 7.72. The van der Waals surface area contributed by atoms with E-state index < -0.39 is 0 Å². The molecule has 0 radical (unpaired) electrons. The van der Waals surface area contributed by atoms with Gasteiger partial charge in [0.25, 0.3) is 5.91 Å². The number of rotatable bonds is 7. The lowest BCUT2D eigenvalue weighted by Gasteiger charge is -2.35. The maximum absolute atomic E-state index is 12.4. The van der Waals surface area contributed by atoms with Gasteiger partial charge in [0.05, 0.1) is 6.61 Å². The fourth-order valence-corrected chi connectivity index (χ4v) is 3.80. The number of unbranched alkanes of at least 4 members (excludes halogenated alkanes) is 1. The van der Waals surface area contributed by atoms with Crippen LogP contribution in [0, 0.1) is 0 Å². The van der Waals surface area contributed by atoms with E-state index in [1.807, 2.05) is 12.1 Å². The van der Waals surface area contributed by atoms with Crippen molar-refractivity contribution in [1.29, 1.82) is 0 Å². The van der Waals surface area contributed by atoms with E-state index in [-0.39, 0.29) is 11.0 Å². The predicted molar refractivity (Wildman–Crippen MR) is 128 cm³/mol. The fourth-order valence-electron chi connectivity index (χ4n) is 3.59. The molecule has 3 rings (SSSR count). The Bertz CT molecular complexity index is 837. The minimum Gasteiger partial charge on any atom is -0.494 e. The zero-order valence-corrected chi connectivity index (χ0v) is 18.6. The zero-order valence-electron chi connectivity index (χ0n) is 17.8. The summed E-state index contributed by atoms with van der Waals surface area (Å²) in [6, 6.07) is 15.9. The molecule has 2 aromatic carbocycles. The molecule has 1 aliphatic rings. The van der Waals surface area contributed by atoms with Crippen molar-refractivity contribution < 1.29 is 9.53 Å². The van der Waals surface area contributed by atoms with Gasteiger partial charge >= 0.3 is 0 Å². The molecule has 1 aliphatic heterocycles. The topological polar surface area (TPSA) is 53.6 Å². The van der Waals surface area contributed by atoms with E-state index in [9.17, 15) is 4.79 Å². The highest BCUT2D eigenvalue weighted by Crippen LogP contribution is 2.25. The van der Waals surface area contributed by atoms with Crippen molar-refractivity contribution in [2.45, 2.75) is 52.0 Å². The SMILES string of the molecule is CCCCOc1ccc(C(=O)NC(=S)Nc2ccc(N3CCCC[C@H]3C)cc2)cc1. The Morgan fingerprint density at radius 3 is 2.53 bits per heavy atom. The largest absolute Gasteiger partial charge is 0.494 e. The van der Waals surface area contributed by atoms with Crippen molar-refractivity contribution in [1.82, 2.24) is 5.32 Å². The summed E-state index contributed by atoms with van der Waals surface area (Å²) >= 11 is 5.31. The summed E-state index contributed by atoms with van der Waals surface area (Å²) < 4.78 is 5.63. The third kappa shape index (κ3) is 6.20. The van der Waals surface area contributed by atoms with Crippen molar-refractivity contribution in [2.24, 2.45) is 0 Å². The first kappa shape index (κ1) is 22.1. The quantitative estimate of drug-likeness (QED) is 0.461. The molecule has 2 N–H and O–H groups in total. The van der Waals surface area contributed by atoms with Crippen molar-refractivity contribution in [2.75, 3.05) is 23.4 Å². The highest BCUT2D eigenvalue weighted by atomic mass is 32.1. The maximum atomic E-state index is 12.4. The molecule has 30 heavy (non-hydrogen) atoms. The molecule has 160 valence electrons. The molecular formula is C24H31N3O2S. The monoisotopic (exact) mass is 425 g/mol. The van der Waals surface area contributed by atoms with Crippen LogP contribution >= 0.6 is 12.2 Å². The summed E-state index contributed by atoms with van der Waals surface area (Å²) in [6.07, 6.45) is 5.89. The number of nitrogens with one attached hydrogen (secondary N) is 2. The van der Waals surface area contributed by atoms with Crippen LogP contribution in [-0.4, -0.2) is 30.2 Å². The van der Waals surface area contributed by atoms with Gasteiger partial charge in [-0.3, -0.25) is 10.1 Å². The Morgan fingerprint density at radius 1 is 1.13 bits per heavy atom. The van der Waals surface area contributed by atoms with Crippen molar-refractivity contribution in [3.05, 3.63) is 54.1 Å². The van der Waals surface area contributed by atoms with Gasteiger partial charge in [0, 0.05) is 29.5 Å². The van der Waals surface area contributed by atoms with Gasteiger partial charge < -0.3 is 15.0 Å². The van der Waals surface area contributed by atoms with Gasteiger partial charge in [0.15, 0.2) is 5.11 Å². The molecule has 1 atom stereocenters. The Labute approximate surface area is 184 Å². The third-order valence-corrected chi connectivity index (χ3v) is 5.57. The molecule has 0 bridgehead atoms. The van der Waals surface area contributed by atoms with Gasteiger partial charge in [0.1, 0.15) is 5.75 Å². The third-order valence-electron chi connectivity index (χ3n) is 5.37. The summed E-state index contributed by atoms with van der Waals surface area (Å²) in [4.78, 5) is 14.9. The van der Waals surface area contributed by atoms with Crippen LogP contribution in [0.25, 0.3) is 0 Å². The minimum atomic E-state index is -0.244. The zero-order chi connectivity index (χ0) is 21.3. The molecule has 1 heterocycles. The number of benzene rings is 2. The lowest BCUT2D eigenvalue weighted by molar-refractivity contribution is 0.0977. The van der Waals surface area contributed by atoms with E-state index in [2.05, 4.69) is 41.5 Å². The van der Waals surface area contributed by atoms with Crippen LogP contribution in [0.5, 0.6) is 5.75 Å². The first-order valence-corrected chi connectivity index (χ1v) is 11.2. The van der Waals surface area contributed by atoms with Crippen LogP contribution in [0.1, 0.15) is 56.3 Å².